The van der Waals surface area contributed by atoms with Crippen LogP contribution in [0, 0.1) is 24.1 Å². The Hall–Kier alpha value is -3.50. The van der Waals surface area contributed by atoms with E-state index >= 15 is 0 Å². The van der Waals surface area contributed by atoms with Crippen molar-refractivity contribution in [3.8, 4) is 6.07 Å². The third-order valence-corrected chi connectivity index (χ3v) is 5.34. The number of nitriles is 1. The molecule has 0 saturated heterocycles. The van der Waals surface area contributed by atoms with Gasteiger partial charge in [-0.3, -0.25) is 9.59 Å². The Morgan fingerprint density at radius 2 is 1.86 bits per heavy atom. The molecule has 0 fully saturated rings. The van der Waals surface area contributed by atoms with E-state index in [0.29, 0.717) is 21.9 Å². The molecule has 0 radical (unpaired) electrons. The summed E-state index contributed by atoms with van der Waals surface area (Å²) in [7, 11) is 0. The van der Waals surface area contributed by atoms with E-state index in [9.17, 15) is 19.2 Å². The van der Waals surface area contributed by atoms with Gasteiger partial charge in [0.2, 0.25) is 0 Å². The van der Waals surface area contributed by atoms with E-state index in [1.807, 2.05) is 30.3 Å². The van der Waals surface area contributed by atoms with Crippen molar-refractivity contribution in [2.45, 2.75) is 19.4 Å². The number of nitrogens with one attached hydrogen (secondary N) is 2. The fourth-order valence-electron chi connectivity index (χ4n) is 2.79. The summed E-state index contributed by atoms with van der Waals surface area (Å²) < 4.78 is 13.3. The van der Waals surface area contributed by atoms with Gasteiger partial charge >= 0.3 is 0 Å². The van der Waals surface area contributed by atoms with Crippen molar-refractivity contribution in [1.29, 1.82) is 5.26 Å². The Bertz CT molecular complexity index is 1070. The maximum Gasteiger partial charge on any atom is 0.262 e. The number of anilines is 1. The minimum Gasteiger partial charge on any atom is -0.335 e. The van der Waals surface area contributed by atoms with Crippen LogP contribution in [0.5, 0.6) is 0 Å². The second-order valence-electron chi connectivity index (χ2n) is 6.43. The van der Waals surface area contributed by atoms with Crippen molar-refractivity contribution in [2.24, 2.45) is 0 Å². The van der Waals surface area contributed by atoms with Crippen LogP contribution < -0.4 is 10.6 Å². The van der Waals surface area contributed by atoms with E-state index in [1.54, 1.807) is 13.0 Å². The van der Waals surface area contributed by atoms with Crippen LogP contribution in [-0.4, -0.2) is 17.9 Å². The molecule has 0 bridgehead atoms. The summed E-state index contributed by atoms with van der Waals surface area (Å²) in [5.74, 6) is -1.33. The number of carbonyl (C=O) groups excluding carboxylic acids is 2. The summed E-state index contributed by atoms with van der Waals surface area (Å²) >= 11 is 1.11. The number of amides is 2. The van der Waals surface area contributed by atoms with E-state index in [-0.39, 0.29) is 11.5 Å². The van der Waals surface area contributed by atoms with Crippen molar-refractivity contribution < 1.29 is 14.0 Å². The van der Waals surface area contributed by atoms with Crippen LogP contribution in [0.25, 0.3) is 0 Å². The zero-order valence-corrected chi connectivity index (χ0v) is 16.4. The van der Waals surface area contributed by atoms with Crippen LogP contribution in [0.15, 0.2) is 60.7 Å². The number of hydrogen-bond acceptors (Lipinski definition) is 4. The van der Waals surface area contributed by atoms with Crippen LogP contribution in [0.4, 0.5) is 9.39 Å². The smallest absolute Gasteiger partial charge is 0.262 e. The molecule has 7 heteroatoms. The average molecular weight is 407 g/mol. The molecule has 0 spiro atoms. The summed E-state index contributed by atoms with van der Waals surface area (Å²) in [6.07, 6.45) is 0.399. The first-order valence-corrected chi connectivity index (χ1v) is 9.69. The normalized spacial score (nSPS) is 11.3. The Kier molecular flexibility index (Phi) is 6.37. The third-order valence-electron chi connectivity index (χ3n) is 4.19. The van der Waals surface area contributed by atoms with Crippen LogP contribution >= 0.6 is 11.3 Å². The Balaban J connectivity index is 1.68. The van der Waals surface area contributed by atoms with Crippen molar-refractivity contribution in [3.63, 3.8) is 0 Å². The molecule has 0 unspecified atom stereocenters. The lowest BCUT2D eigenvalue weighted by molar-refractivity contribution is 0.0948. The molecule has 5 nitrogen and oxygen atoms in total. The van der Waals surface area contributed by atoms with Crippen LogP contribution in [0.1, 0.15) is 31.2 Å². The minimum absolute atomic E-state index is 0.189. The highest BCUT2D eigenvalue weighted by Crippen LogP contribution is 2.27. The van der Waals surface area contributed by atoms with Gasteiger partial charge in [-0.15, -0.1) is 11.3 Å². The predicted molar refractivity (Wildman–Crippen MR) is 110 cm³/mol. The molecule has 0 aliphatic rings. The van der Waals surface area contributed by atoms with Crippen LogP contribution in [0.2, 0.25) is 0 Å². The summed E-state index contributed by atoms with van der Waals surface area (Å²) in [5, 5.41) is 15.2. The molecule has 1 atom stereocenters. The quantitative estimate of drug-likeness (QED) is 0.639. The molecular formula is C22H18FN3O2S. The Labute approximate surface area is 171 Å². The Morgan fingerprint density at radius 1 is 1.10 bits per heavy atom. The number of thiophene rings is 1. The molecule has 29 heavy (non-hydrogen) atoms. The number of aryl methyl sites for hydroxylation is 1. The van der Waals surface area contributed by atoms with Gasteiger partial charge < -0.3 is 10.6 Å². The zero-order chi connectivity index (χ0) is 20.8. The second kappa shape index (κ2) is 9.13. The van der Waals surface area contributed by atoms with Crippen LogP contribution in [0.3, 0.4) is 0 Å². The lowest BCUT2D eigenvalue weighted by atomic mass is 10.1. The van der Waals surface area contributed by atoms with E-state index in [1.165, 1.54) is 18.2 Å². The monoisotopic (exact) mass is 407 g/mol. The van der Waals surface area contributed by atoms with E-state index in [2.05, 4.69) is 16.7 Å². The molecule has 0 saturated carbocycles. The fraction of sp³-hybridized carbons (Fsp3) is 0.136. The second-order valence-corrected chi connectivity index (χ2v) is 7.48. The summed E-state index contributed by atoms with van der Waals surface area (Å²) in [5.41, 5.74) is 1.82. The van der Waals surface area contributed by atoms with Crippen LogP contribution in [-0.2, 0) is 6.42 Å². The molecule has 1 heterocycles. The first kappa shape index (κ1) is 20.2. The van der Waals surface area contributed by atoms with E-state index in [0.717, 1.165) is 23.0 Å². The number of rotatable bonds is 6. The average Bonchev–Trinajstić information content (AvgIpc) is 3.08. The highest BCUT2D eigenvalue weighted by molar-refractivity contribution is 7.18. The molecule has 0 aliphatic heterocycles. The highest BCUT2D eigenvalue weighted by Gasteiger charge is 2.19. The number of halogens is 1. The van der Waals surface area contributed by atoms with Gasteiger partial charge in [0.15, 0.2) is 0 Å². The number of carbonyl (C=O) groups is 2. The van der Waals surface area contributed by atoms with Crippen molar-refractivity contribution in [2.75, 3.05) is 5.32 Å². The molecule has 1 aromatic heterocycles. The number of hydrogen-bond donors (Lipinski definition) is 2. The fourth-order valence-corrected chi connectivity index (χ4v) is 3.76. The summed E-state index contributed by atoms with van der Waals surface area (Å²) in [4.78, 5) is 25.3. The van der Waals surface area contributed by atoms with Gasteiger partial charge in [-0.05, 0) is 42.3 Å². The van der Waals surface area contributed by atoms with Crippen molar-refractivity contribution in [1.82, 2.24) is 5.32 Å². The van der Waals surface area contributed by atoms with Gasteiger partial charge in [-0.2, -0.15) is 5.26 Å². The van der Waals surface area contributed by atoms with E-state index in [4.69, 9.17) is 0 Å². The molecule has 3 rings (SSSR count). The molecular weight excluding hydrogens is 389 g/mol. The van der Waals surface area contributed by atoms with Crippen molar-refractivity contribution in [3.05, 3.63) is 88.0 Å². The summed E-state index contributed by atoms with van der Waals surface area (Å²) in [6, 6.07) is 17.9. The zero-order valence-electron chi connectivity index (χ0n) is 15.6. The first-order chi connectivity index (χ1) is 14.0. The molecule has 3 aromatic rings. The molecule has 0 aliphatic carbocycles. The SMILES string of the molecule is Cc1cc(NC(=O)c2cccc(F)c2)sc1C(=O)N[C@@H](C#N)Cc1ccccc1. The molecule has 2 amide bonds. The molecule has 2 N–H and O–H groups in total. The van der Waals surface area contributed by atoms with Gasteiger partial charge in [0.25, 0.3) is 11.8 Å². The molecule has 146 valence electrons. The maximum atomic E-state index is 13.3. The topological polar surface area (TPSA) is 82.0 Å². The number of nitrogens with zero attached hydrogens (tertiary/aromatic N) is 1. The van der Waals surface area contributed by atoms with Crippen molar-refractivity contribution >= 4 is 28.2 Å². The van der Waals surface area contributed by atoms with E-state index < -0.39 is 17.8 Å². The van der Waals surface area contributed by atoms with Gasteiger partial charge in [-0.1, -0.05) is 36.4 Å². The highest BCUT2D eigenvalue weighted by atomic mass is 32.1. The number of benzene rings is 2. The van der Waals surface area contributed by atoms with Gasteiger partial charge in [-0.25, -0.2) is 4.39 Å². The summed E-state index contributed by atoms with van der Waals surface area (Å²) in [6.45, 7) is 1.75. The third kappa shape index (κ3) is 5.27. The Morgan fingerprint density at radius 3 is 2.55 bits per heavy atom. The lowest BCUT2D eigenvalue weighted by Gasteiger charge is -2.11. The lowest BCUT2D eigenvalue weighted by Crippen LogP contribution is -2.35. The molecule has 2 aromatic carbocycles. The van der Waals surface area contributed by atoms with Gasteiger partial charge in [0, 0.05) is 12.0 Å². The maximum absolute atomic E-state index is 13.3. The van der Waals surface area contributed by atoms with Gasteiger partial charge in [0.1, 0.15) is 11.9 Å². The largest absolute Gasteiger partial charge is 0.335 e. The predicted octanol–water partition coefficient (Wildman–Crippen LogP) is 4.31. The first-order valence-electron chi connectivity index (χ1n) is 8.88. The minimum atomic E-state index is -0.670. The van der Waals surface area contributed by atoms with Gasteiger partial charge in [0.05, 0.1) is 15.9 Å². The standard InChI is InChI=1S/C22H18FN3O2S/c1-14-10-19(26-21(27)16-8-5-9-17(23)12-16)29-20(14)22(28)25-18(13-24)11-15-6-3-2-4-7-15/h2-10,12,18H,11H2,1H3,(H,25,28)(H,26,27)/t18-/m1/s1.